The van der Waals surface area contributed by atoms with Crippen molar-refractivity contribution in [2.24, 2.45) is 0 Å². The summed E-state index contributed by atoms with van der Waals surface area (Å²) in [5.74, 6) is -1.07. The van der Waals surface area contributed by atoms with Gasteiger partial charge in [-0.3, -0.25) is 9.59 Å². The molecule has 1 heterocycles. The highest BCUT2D eigenvalue weighted by Crippen LogP contribution is 2.43. The van der Waals surface area contributed by atoms with E-state index in [1.54, 1.807) is 31.4 Å². The minimum Gasteiger partial charge on any atom is -0.507 e. The van der Waals surface area contributed by atoms with Crippen molar-refractivity contribution in [1.29, 1.82) is 0 Å². The van der Waals surface area contributed by atoms with Crippen LogP contribution in [0.15, 0.2) is 42.0 Å². The van der Waals surface area contributed by atoms with Crippen LogP contribution in [0.2, 0.25) is 10.0 Å². The van der Waals surface area contributed by atoms with E-state index < -0.39 is 23.5 Å². The zero-order valence-corrected chi connectivity index (χ0v) is 20.4. The number of halogens is 2. The van der Waals surface area contributed by atoms with E-state index in [1.807, 2.05) is 19.0 Å². The number of carbonyl (C=O) groups is 2. The van der Waals surface area contributed by atoms with Crippen LogP contribution in [0.3, 0.4) is 0 Å². The Labute approximate surface area is 203 Å². The van der Waals surface area contributed by atoms with E-state index in [0.29, 0.717) is 24.3 Å². The second kappa shape index (κ2) is 10.5. The molecule has 3 rings (SSSR count). The van der Waals surface area contributed by atoms with E-state index in [0.717, 1.165) is 6.54 Å². The van der Waals surface area contributed by atoms with Crippen LogP contribution in [-0.2, 0) is 9.59 Å². The molecule has 33 heavy (non-hydrogen) atoms. The number of aliphatic hydroxyl groups is 1. The van der Waals surface area contributed by atoms with Crippen LogP contribution in [0.1, 0.15) is 23.6 Å². The lowest BCUT2D eigenvalue weighted by Gasteiger charge is -2.26. The van der Waals surface area contributed by atoms with Gasteiger partial charge in [0.25, 0.3) is 11.7 Å². The van der Waals surface area contributed by atoms with Gasteiger partial charge in [0.05, 0.1) is 36.4 Å². The molecule has 1 amide bonds. The number of nitrogens with zero attached hydrogens (tertiary/aromatic N) is 2. The van der Waals surface area contributed by atoms with Crippen LogP contribution in [-0.4, -0.2) is 68.0 Å². The van der Waals surface area contributed by atoms with Gasteiger partial charge in [0, 0.05) is 11.6 Å². The molecule has 176 valence electrons. The van der Waals surface area contributed by atoms with E-state index in [4.69, 9.17) is 32.7 Å². The number of hydrogen-bond donors (Lipinski definition) is 1. The van der Waals surface area contributed by atoms with Crippen LogP contribution in [0.4, 0.5) is 0 Å². The van der Waals surface area contributed by atoms with Crippen molar-refractivity contribution < 1.29 is 24.2 Å². The fourth-order valence-electron chi connectivity index (χ4n) is 3.89. The van der Waals surface area contributed by atoms with Crippen molar-refractivity contribution >= 4 is 40.7 Å². The number of aliphatic hydroxyl groups excluding tert-OH is 1. The van der Waals surface area contributed by atoms with Crippen LogP contribution >= 0.6 is 23.2 Å². The summed E-state index contributed by atoms with van der Waals surface area (Å²) < 4.78 is 10.6. The summed E-state index contributed by atoms with van der Waals surface area (Å²) in [5.41, 5.74) is 0.750. The summed E-state index contributed by atoms with van der Waals surface area (Å²) in [6, 6.07) is 9.15. The number of rotatable bonds is 8. The number of carbonyl (C=O) groups excluding carboxylic acids is 2. The molecule has 1 unspecified atom stereocenters. The number of ether oxygens (including phenoxy) is 2. The third-order valence-electron chi connectivity index (χ3n) is 5.44. The molecule has 2 aromatic carbocycles. The molecule has 7 nitrogen and oxygen atoms in total. The van der Waals surface area contributed by atoms with Crippen molar-refractivity contribution in [2.75, 3.05) is 41.4 Å². The van der Waals surface area contributed by atoms with Gasteiger partial charge in [-0.1, -0.05) is 35.3 Å². The molecule has 1 atom stereocenters. The molecule has 1 aliphatic heterocycles. The second-order valence-electron chi connectivity index (χ2n) is 7.89. The third-order valence-corrected chi connectivity index (χ3v) is 5.94. The fourth-order valence-corrected chi connectivity index (χ4v) is 4.46. The number of hydrogen-bond acceptors (Lipinski definition) is 6. The summed E-state index contributed by atoms with van der Waals surface area (Å²) in [6.07, 6.45) is 0.652. The first kappa shape index (κ1) is 24.9. The molecule has 0 radical (unpaired) electrons. The van der Waals surface area contributed by atoms with E-state index in [1.165, 1.54) is 24.1 Å². The minimum atomic E-state index is -0.791. The van der Waals surface area contributed by atoms with Gasteiger partial charge >= 0.3 is 0 Å². The molecule has 0 spiro atoms. The zero-order valence-electron chi connectivity index (χ0n) is 18.9. The Morgan fingerprint density at radius 2 is 1.76 bits per heavy atom. The molecule has 2 aromatic rings. The Morgan fingerprint density at radius 3 is 2.33 bits per heavy atom. The summed E-state index contributed by atoms with van der Waals surface area (Å²) in [6.45, 7) is 1.07. The third kappa shape index (κ3) is 5.11. The lowest BCUT2D eigenvalue weighted by Crippen LogP contribution is -2.32. The molecular weight excluding hydrogens is 467 g/mol. The van der Waals surface area contributed by atoms with E-state index >= 15 is 0 Å². The Kier molecular flexibility index (Phi) is 7.89. The van der Waals surface area contributed by atoms with E-state index in [-0.39, 0.29) is 26.9 Å². The van der Waals surface area contributed by atoms with Crippen LogP contribution in [0, 0.1) is 0 Å². The summed E-state index contributed by atoms with van der Waals surface area (Å²) >= 11 is 12.4. The molecule has 1 N–H and O–H groups in total. The molecule has 1 aliphatic rings. The maximum atomic E-state index is 13.2. The molecule has 0 aromatic heterocycles. The zero-order chi connectivity index (χ0) is 24.3. The quantitative estimate of drug-likeness (QED) is 0.334. The average molecular weight is 493 g/mol. The van der Waals surface area contributed by atoms with Gasteiger partial charge in [0.2, 0.25) is 0 Å². The number of ketones is 1. The van der Waals surface area contributed by atoms with E-state index in [2.05, 4.69) is 0 Å². The highest BCUT2D eigenvalue weighted by molar-refractivity contribution is 6.46. The largest absolute Gasteiger partial charge is 0.507 e. The van der Waals surface area contributed by atoms with Crippen LogP contribution in [0.25, 0.3) is 5.76 Å². The van der Waals surface area contributed by atoms with Gasteiger partial charge in [0.15, 0.2) is 0 Å². The minimum absolute atomic E-state index is 0.0494. The number of Topliss-reactive ketones (excluding diaryl/α,β-unsaturated/α-hetero) is 1. The normalized spacial score (nSPS) is 17.7. The van der Waals surface area contributed by atoms with Crippen molar-refractivity contribution in [3.8, 4) is 11.5 Å². The van der Waals surface area contributed by atoms with Crippen LogP contribution in [0.5, 0.6) is 11.5 Å². The number of likely N-dealkylation sites (tertiary alicyclic amines) is 1. The Balaban J connectivity index is 2.18. The number of amides is 1. The van der Waals surface area contributed by atoms with Crippen molar-refractivity contribution in [3.05, 3.63) is 63.1 Å². The van der Waals surface area contributed by atoms with Crippen LogP contribution < -0.4 is 9.47 Å². The fraction of sp³-hybridized carbons (Fsp3) is 0.333. The first-order valence-electron chi connectivity index (χ1n) is 10.3. The topological polar surface area (TPSA) is 79.3 Å². The van der Waals surface area contributed by atoms with Gasteiger partial charge in [-0.15, -0.1) is 0 Å². The molecule has 0 saturated carbocycles. The lowest BCUT2D eigenvalue weighted by atomic mass is 9.95. The van der Waals surface area contributed by atoms with Crippen molar-refractivity contribution in [1.82, 2.24) is 9.80 Å². The van der Waals surface area contributed by atoms with E-state index in [9.17, 15) is 14.7 Å². The molecule has 1 saturated heterocycles. The second-order valence-corrected chi connectivity index (χ2v) is 8.73. The maximum absolute atomic E-state index is 13.2. The highest BCUT2D eigenvalue weighted by Gasteiger charge is 2.46. The number of methoxy groups -OCH3 is 2. The Hall–Kier alpha value is -2.74. The Morgan fingerprint density at radius 1 is 1.09 bits per heavy atom. The summed E-state index contributed by atoms with van der Waals surface area (Å²) in [7, 11) is 6.82. The summed E-state index contributed by atoms with van der Waals surface area (Å²) in [4.78, 5) is 29.7. The van der Waals surface area contributed by atoms with Gasteiger partial charge in [-0.2, -0.15) is 0 Å². The highest BCUT2D eigenvalue weighted by atomic mass is 35.5. The monoisotopic (exact) mass is 492 g/mol. The molecule has 1 fully saturated rings. The lowest BCUT2D eigenvalue weighted by molar-refractivity contribution is -0.139. The van der Waals surface area contributed by atoms with Gasteiger partial charge in [-0.05, 0) is 56.9 Å². The average Bonchev–Trinajstić information content (AvgIpc) is 3.03. The molecule has 0 bridgehead atoms. The number of benzene rings is 2. The smallest absolute Gasteiger partial charge is 0.295 e. The first-order valence-corrected chi connectivity index (χ1v) is 11.1. The Bertz CT molecular complexity index is 1080. The standard InChI is InChI=1S/C24H26Cl2N2O5/c1-27(2)10-5-11-28-20(14-6-8-16(32-3)9-7-14)19(22(30)24(28)31)21(29)17-12-15(25)13-18(26)23(17)33-4/h6-9,12-13,20,29H,5,10-11H2,1-4H3/b21-19+. The van der Waals surface area contributed by atoms with Gasteiger partial charge in [-0.25, -0.2) is 0 Å². The SMILES string of the molecule is COc1ccc(C2/C(=C(\O)c3cc(Cl)cc(Cl)c3OC)C(=O)C(=O)N2CCCN(C)C)cc1. The predicted molar refractivity (Wildman–Crippen MR) is 128 cm³/mol. The predicted octanol–water partition coefficient (Wildman–Crippen LogP) is 4.38. The van der Waals surface area contributed by atoms with Gasteiger partial charge in [0.1, 0.15) is 17.3 Å². The maximum Gasteiger partial charge on any atom is 0.295 e. The molecule has 0 aliphatic carbocycles. The molecular formula is C24H26Cl2N2O5. The first-order chi connectivity index (χ1) is 15.7. The van der Waals surface area contributed by atoms with Gasteiger partial charge < -0.3 is 24.4 Å². The van der Waals surface area contributed by atoms with Crippen molar-refractivity contribution in [2.45, 2.75) is 12.5 Å². The summed E-state index contributed by atoms with van der Waals surface area (Å²) in [5, 5.41) is 11.7. The molecule has 9 heteroatoms. The van der Waals surface area contributed by atoms with Crippen molar-refractivity contribution in [3.63, 3.8) is 0 Å².